The van der Waals surface area contributed by atoms with E-state index in [9.17, 15) is 27.2 Å². The molecule has 4 N–H and O–H groups in total. The zero-order valence-electron chi connectivity index (χ0n) is 21.1. The van der Waals surface area contributed by atoms with Gasteiger partial charge >= 0.3 is 6.18 Å². The van der Waals surface area contributed by atoms with Gasteiger partial charge in [0.25, 0.3) is 5.91 Å². The average molecular weight is 554 g/mol. The number of hydrogen-bond acceptors (Lipinski definition) is 5. The Labute approximate surface area is 225 Å². The van der Waals surface area contributed by atoms with Crippen molar-refractivity contribution in [2.24, 2.45) is 5.73 Å². The summed E-state index contributed by atoms with van der Waals surface area (Å²) in [7, 11) is 0. The molecule has 206 valence electrons. The number of carbonyl (C=O) groups excluding carboxylic acids is 2. The Morgan fingerprint density at radius 2 is 1.82 bits per heavy atom. The highest BCUT2D eigenvalue weighted by Gasteiger charge is 2.47. The maximum atomic E-state index is 14.4. The van der Waals surface area contributed by atoms with E-state index in [0.717, 1.165) is 23.8 Å². The SMILES string of the molecule is C[C@]1(C(N)=O)COc2c1cc([C@@H](CNC(=O)c1ncc(-c3ccccc3)[nH]1)C(F)(F)F)nc2-c1ccc(F)cc1. The number of hydrogen-bond donors (Lipinski definition) is 3. The number of nitrogens with one attached hydrogen (secondary N) is 2. The summed E-state index contributed by atoms with van der Waals surface area (Å²) in [5, 5.41) is 2.28. The molecule has 12 heteroatoms. The van der Waals surface area contributed by atoms with Crippen LogP contribution in [0.4, 0.5) is 17.6 Å². The Hall–Kier alpha value is -4.74. The van der Waals surface area contributed by atoms with E-state index in [0.29, 0.717) is 5.69 Å². The van der Waals surface area contributed by atoms with E-state index in [1.54, 1.807) is 24.3 Å². The molecule has 8 nitrogen and oxygen atoms in total. The lowest BCUT2D eigenvalue weighted by atomic mass is 9.82. The Morgan fingerprint density at radius 3 is 2.48 bits per heavy atom. The lowest BCUT2D eigenvalue weighted by Gasteiger charge is -2.23. The maximum absolute atomic E-state index is 14.4. The number of ether oxygens (including phenoxy) is 1. The molecule has 3 heterocycles. The van der Waals surface area contributed by atoms with Crippen LogP contribution in [0.25, 0.3) is 22.5 Å². The molecule has 2 aromatic carbocycles. The lowest BCUT2D eigenvalue weighted by molar-refractivity contribution is -0.149. The minimum atomic E-state index is -4.84. The van der Waals surface area contributed by atoms with Gasteiger partial charge in [-0.3, -0.25) is 9.59 Å². The second-order valence-electron chi connectivity index (χ2n) is 9.58. The number of carbonyl (C=O) groups is 2. The van der Waals surface area contributed by atoms with E-state index >= 15 is 0 Å². The van der Waals surface area contributed by atoms with Gasteiger partial charge in [0.2, 0.25) is 5.91 Å². The largest absolute Gasteiger partial charge is 0.489 e. The van der Waals surface area contributed by atoms with Crippen LogP contribution in [0.15, 0.2) is 66.9 Å². The summed E-state index contributed by atoms with van der Waals surface area (Å²) in [5.74, 6) is -4.53. The van der Waals surface area contributed by atoms with E-state index in [1.807, 2.05) is 6.07 Å². The van der Waals surface area contributed by atoms with Crippen LogP contribution in [-0.4, -0.2) is 46.1 Å². The third-order valence-corrected chi connectivity index (χ3v) is 6.85. The van der Waals surface area contributed by atoms with Crippen molar-refractivity contribution in [1.29, 1.82) is 0 Å². The summed E-state index contributed by atoms with van der Waals surface area (Å²) in [6.07, 6.45) is -3.43. The van der Waals surface area contributed by atoms with Crippen molar-refractivity contribution in [2.45, 2.75) is 24.4 Å². The fraction of sp³-hybridized carbons (Fsp3) is 0.214. The minimum absolute atomic E-state index is 0.00316. The van der Waals surface area contributed by atoms with E-state index in [2.05, 4.69) is 20.3 Å². The number of alkyl halides is 3. The number of aromatic nitrogens is 3. The molecule has 2 aromatic heterocycles. The molecule has 0 saturated carbocycles. The van der Waals surface area contributed by atoms with Crippen molar-refractivity contribution in [3.8, 4) is 28.3 Å². The summed E-state index contributed by atoms with van der Waals surface area (Å²) < 4.78 is 62.4. The van der Waals surface area contributed by atoms with Crippen LogP contribution in [0.2, 0.25) is 0 Å². The molecule has 0 radical (unpaired) electrons. The van der Waals surface area contributed by atoms with Gasteiger partial charge < -0.3 is 20.8 Å². The second kappa shape index (κ2) is 10.1. The molecule has 1 aliphatic heterocycles. The normalized spacial score (nSPS) is 17.1. The third-order valence-electron chi connectivity index (χ3n) is 6.85. The molecule has 40 heavy (non-hydrogen) atoms. The van der Waals surface area contributed by atoms with Crippen molar-refractivity contribution in [3.05, 3.63) is 89.8 Å². The molecule has 5 rings (SSSR count). The number of pyridine rings is 1. The van der Waals surface area contributed by atoms with Crippen LogP contribution >= 0.6 is 0 Å². The second-order valence-corrected chi connectivity index (χ2v) is 9.58. The topological polar surface area (TPSA) is 123 Å². The molecule has 0 unspecified atom stereocenters. The fourth-order valence-electron chi connectivity index (χ4n) is 4.46. The quantitative estimate of drug-likeness (QED) is 0.291. The van der Waals surface area contributed by atoms with Crippen molar-refractivity contribution in [3.63, 3.8) is 0 Å². The predicted octanol–water partition coefficient (Wildman–Crippen LogP) is 4.49. The van der Waals surface area contributed by atoms with Gasteiger partial charge in [0.1, 0.15) is 35.2 Å². The number of primary amides is 1. The van der Waals surface area contributed by atoms with Crippen LogP contribution in [0.1, 0.15) is 34.7 Å². The summed E-state index contributed by atoms with van der Waals surface area (Å²) in [6.45, 7) is 0.393. The van der Waals surface area contributed by atoms with Crippen molar-refractivity contribution in [1.82, 2.24) is 20.3 Å². The lowest BCUT2D eigenvalue weighted by Crippen LogP contribution is -2.40. The minimum Gasteiger partial charge on any atom is -0.489 e. The van der Waals surface area contributed by atoms with Gasteiger partial charge in [0.15, 0.2) is 5.82 Å². The van der Waals surface area contributed by atoms with Gasteiger partial charge in [-0.2, -0.15) is 13.2 Å². The highest BCUT2D eigenvalue weighted by atomic mass is 19.4. The van der Waals surface area contributed by atoms with Crippen LogP contribution in [0, 0.1) is 5.82 Å². The molecule has 2 amide bonds. The maximum Gasteiger partial charge on any atom is 0.398 e. The number of benzene rings is 2. The average Bonchev–Trinajstić information content (AvgIpc) is 3.55. The van der Waals surface area contributed by atoms with Gasteiger partial charge in [0, 0.05) is 17.7 Å². The molecule has 0 bridgehead atoms. The molecule has 0 saturated heterocycles. The molecule has 0 spiro atoms. The zero-order chi connectivity index (χ0) is 28.7. The van der Waals surface area contributed by atoms with Crippen LogP contribution in [0.3, 0.4) is 0 Å². The summed E-state index contributed by atoms with van der Waals surface area (Å²) in [4.78, 5) is 36.1. The molecular weight excluding hydrogens is 530 g/mol. The smallest absolute Gasteiger partial charge is 0.398 e. The predicted molar refractivity (Wildman–Crippen MR) is 137 cm³/mol. The van der Waals surface area contributed by atoms with Crippen LogP contribution in [-0.2, 0) is 10.2 Å². The van der Waals surface area contributed by atoms with E-state index in [4.69, 9.17) is 10.5 Å². The molecule has 0 fully saturated rings. The van der Waals surface area contributed by atoms with Crippen LogP contribution in [0.5, 0.6) is 5.75 Å². The molecule has 0 aliphatic carbocycles. The number of H-pyrrole nitrogens is 1. The number of imidazole rings is 1. The fourth-order valence-corrected chi connectivity index (χ4v) is 4.46. The van der Waals surface area contributed by atoms with Gasteiger partial charge in [-0.25, -0.2) is 14.4 Å². The molecular formula is C28H23F4N5O3. The number of nitrogens with zero attached hydrogens (tertiary/aromatic N) is 2. The molecule has 2 atom stereocenters. The number of amides is 2. The summed E-state index contributed by atoms with van der Waals surface area (Å²) >= 11 is 0. The van der Waals surface area contributed by atoms with Gasteiger partial charge in [-0.15, -0.1) is 0 Å². The Kier molecular flexibility index (Phi) is 6.78. The van der Waals surface area contributed by atoms with Crippen molar-refractivity contribution < 1.29 is 31.9 Å². The number of nitrogens with two attached hydrogens (primary N) is 1. The van der Waals surface area contributed by atoms with Crippen LogP contribution < -0.4 is 15.8 Å². The highest BCUT2D eigenvalue weighted by molar-refractivity contribution is 5.91. The highest BCUT2D eigenvalue weighted by Crippen LogP contribution is 2.46. The first-order valence-electron chi connectivity index (χ1n) is 12.2. The Bertz CT molecular complexity index is 1570. The number of rotatable bonds is 7. The standard InChI is InChI=1S/C28H23F4N5O3/c1-27(26(33)39)14-40-23-18(27)11-20(36-22(23)16-7-9-17(29)10-8-16)19(28(30,31)32)12-35-25(38)24-34-13-21(37-24)15-5-3-2-4-6-15/h2-11,13,19H,12,14H2,1H3,(H2,33,39)(H,34,37)(H,35,38)/t19-,27+/m1/s1. The number of fused-ring (bicyclic) bond motifs is 1. The molecule has 1 aliphatic rings. The first kappa shape index (κ1) is 26.9. The first-order chi connectivity index (χ1) is 19.0. The first-order valence-corrected chi connectivity index (χ1v) is 12.2. The van der Waals surface area contributed by atoms with E-state index in [-0.39, 0.29) is 35.0 Å². The Morgan fingerprint density at radius 1 is 1.12 bits per heavy atom. The van der Waals surface area contributed by atoms with Gasteiger partial charge in [-0.05, 0) is 42.8 Å². The van der Waals surface area contributed by atoms with Crippen molar-refractivity contribution in [2.75, 3.05) is 13.2 Å². The van der Waals surface area contributed by atoms with Crippen molar-refractivity contribution >= 4 is 11.8 Å². The third kappa shape index (κ3) is 4.99. The van der Waals surface area contributed by atoms with Gasteiger partial charge in [0.05, 0.1) is 17.6 Å². The van der Waals surface area contributed by atoms with Gasteiger partial charge in [-0.1, -0.05) is 30.3 Å². The summed E-state index contributed by atoms with van der Waals surface area (Å²) in [6, 6.07) is 15.1. The molecule has 4 aromatic rings. The zero-order valence-corrected chi connectivity index (χ0v) is 21.1. The monoisotopic (exact) mass is 553 g/mol. The van der Waals surface area contributed by atoms with E-state index < -0.39 is 47.4 Å². The number of aromatic amines is 1. The summed E-state index contributed by atoms with van der Waals surface area (Å²) in [5.41, 5.74) is 5.38. The number of halogens is 4. The van der Waals surface area contributed by atoms with E-state index in [1.165, 1.54) is 25.3 Å². The Balaban J connectivity index is 1.50.